The van der Waals surface area contributed by atoms with Crippen LogP contribution in [-0.4, -0.2) is 31.8 Å². The molecule has 0 aliphatic heterocycles. The zero-order chi connectivity index (χ0) is 17.3. The molecule has 3 rings (SSSR count). The molecular formula is C17H16N2O3S2. The highest BCUT2D eigenvalue weighted by atomic mass is 32.2. The van der Waals surface area contributed by atoms with E-state index in [0.29, 0.717) is 16.4 Å². The maximum Gasteiger partial charge on any atom is 0.297 e. The van der Waals surface area contributed by atoms with Crippen molar-refractivity contribution in [2.24, 2.45) is 0 Å². The Morgan fingerprint density at radius 3 is 2.54 bits per heavy atom. The van der Waals surface area contributed by atoms with Crippen molar-refractivity contribution in [2.75, 3.05) is 13.4 Å². The van der Waals surface area contributed by atoms with Crippen molar-refractivity contribution in [1.82, 2.24) is 9.97 Å². The van der Waals surface area contributed by atoms with Gasteiger partial charge in [0.15, 0.2) is 5.16 Å². The highest BCUT2D eigenvalue weighted by molar-refractivity contribution is 7.98. The molecule has 0 saturated heterocycles. The topological polar surface area (TPSA) is 69.2 Å². The van der Waals surface area contributed by atoms with E-state index >= 15 is 0 Å². The molecule has 24 heavy (non-hydrogen) atoms. The lowest BCUT2D eigenvalue weighted by Crippen LogP contribution is -2.06. The van der Waals surface area contributed by atoms with Crippen LogP contribution in [0.2, 0.25) is 0 Å². The van der Waals surface area contributed by atoms with E-state index in [0.717, 1.165) is 23.6 Å². The lowest BCUT2D eigenvalue weighted by molar-refractivity contribution is 0.398. The molecule has 3 aromatic rings. The second-order valence-corrected chi connectivity index (χ2v) is 7.62. The third-order valence-corrected chi connectivity index (χ3v) is 5.52. The minimum atomic E-state index is -3.87. The van der Waals surface area contributed by atoms with E-state index in [1.807, 2.05) is 37.4 Å². The Kier molecular flexibility index (Phi) is 4.58. The molecule has 1 heterocycles. The van der Waals surface area contributed by atoms with E-state index in [1.54, 1.807) is 18.2 Å². The first-order valence-electron chi connectivity index (χ1n) is 7.18. The second-order valence-electron chi connectivity index (χ2n) is 5.16. The SMILES string of the molecule is COS(=O)(=O)c1ccc2ccccc2c1-c1cc(C)nc(SC)n1. The number of aromatic nitrogens is 2. The summed E-state index contributed by atoms with van der Waals surface area (Å²) in [5.41, 5.74) is 1.88. The van der Waals surface area contributed by atoms with Gasteiger partial charge in [-0.05, 0) is 36.1 Å². The Hall–Kier alpha value is -1.96. The van der Waals surface area contributed by atoms with Crippen molar-refractivity contribution >= 4 is 32.7 Å². The van der Waals surface area contributed by atoms with E-state index in [4.69, 9.17) is 4.18 Å². The predicted octanol–water partition coefficient (Wildman–Crippen LogP) is 3.66. The molecule has 0 fully saturated rings. The summed E-state index contributed by atoms with van der Waals surface area (Å²) in [5, 5.41) is 2.34. The third kappa shape index (κ3) is 3.02. The van der Waals surface area contributed by atoms with Gasteiger partial charge in [0, 0.05) is 11.3 Å². The Morgan fingerprint density at radius 1 is 1.08 bits per heavy atom. The molecule has 1 aromatic heterocycles. The number of fused-ring (bicyclic) bond motifs is 1. The molecule has 0 spiro atoms. The molecule has 0 aliphatic carbocycles. The molecule has 7 heteroatoms. The largest absolute Gasteiger partial charge is 0.297 e. The fraction of sp³-hybridized carbons (Fsp3) is 0.176. The summed E-state index contributed by atoms with van der Waals surface area (Å²) in [6.07, 6.45) is 1.88. The smallest absolute Gasteiger partial charge is 0.270 e. The average molecular weight is 360 g/mol. The van der Waals surface area contributed by atoms with Crippen LogP contribution in [0.3, 0.4) is 0 Å². The monoisotopic (exact) mass is 360 g/mol. The molecule has 0 N–H and O–H groups in total. The number of hydrogen-bond acceptors (Lipinski definition) is 6. The van der Waals surface area contributed by atoms with Crippen molar-refractivity contribution in [3.05, 3.63) is 48.2 Å². The van der Waals surface area contributed by atoms with Gasteiger partial charge >= 0.3 is 0 Å². The molecule has 2 aromatic carbocycles. The van der Waals surface area contributed by atoms with Gasteiger partial charge in [0.1, 0.15) is 4.90 Å². The van der Waals surface area contributed by atoms with Crippen LogP contribution in [0.25, 0.3) is 22.0 Å². The lowest BCUT2D eigenvalue weighted by Gasteiger charge is -2.13. The molecule has 0 bridgehead atoms. The number of hydrogen-bond donors (Lipinski definition) is 0. The summed E-state index contributed by atoms with van der Waals surface area (Å²) in [5.74, 6) is 0. The van der Waals surface area contributed by atoms with Crippen LogP contribution in [0.15, 0.2) is 52.5 Å². The van der Waals surface area contributed by atoms with Gasteiger partial charge in [-0.1, -0.05) is 42.1 Å². The molecule has 0 unspecified atom stereocenters. The summed E-state index contributed by atoms with van der Waals surface area (Å²) in [7, 11) is -2.71. The zero-order valence-corrected chi connectivity index (χ0v) is 15.1. The molecular weight excluding hydrogens is 344 g/mol. The molecule has 0 saturated carbocycles. The molecule has 5 nitrogen and oxygen atoms in total. The van der Waals surface area contributed by atoms with Crippen LogP contribution in [-0.2, 0) is 14.3 Å². The van der Waals surface area contributed by atoms with Crippen LogP contribution < -0.4 is 0 Å². The summed E-state index contributed by atoms with van der Waals surface area (Å²) in [4.78, 5) is 8.96. The van der Waals surface area contributed by atoms with Crippen molar-refractivity contribution in [3.63, 3.8) is 0 Å². The maximum absolute atomic E-state index is 12.4. The standard InChI is InChI=1S/C17H16N2O3S2/c1-11-10-14(19-17(18-11)23-3)16-13-7-5-4-6-12(13)8-9-15(16)24(20,21)22-2/h4-10H,1-3H3. The third-order valence-electron chi connectivity index (χ3n) is 3.65. The van der Waals surface area contributed by atoms with Crippen molar-refractivity contribution in [2.45, 2.75) is 17.0 Å². The van der Waals surface area contributed by atoms with Crippen LogP contribution in [0.5, 0.6) is 0 Å². The van der Waals surface area contributed by atoms with E-state index in [1.165, 1.54) is 11.8 Å². The number of nitrogens with zero attached hydrogens (tertiary/aromatic N) is 2. The molecule has 0 amide bonds. The van der Waals surface area contributed by atoms with Crippen molar-refractivity contribution in [1.29, 1.82) is 0 Å². The van der Waals surface area contributed by atoms with Crippen molar-refractivity contribution < 1.29 is 12.6 Å². The quantitative estimate of drug-likeness (QED) is 0.402. The predicted molar refractivity (Wildman–Crippen MR) is 95.7 cm³/mol. The Labute approximate surface area is 145 Å². The highest BCUT2D eigenvalue weighted by Crippen LogP contribution is 2.35. The number of benzene rings is 2. The average Bonchev–Trinajstić information content (AvgIpc) is 2.60. The summed E-state index contributed by atoms with van der Waals surface area (Å²) in [6.45, 7) is 1.86. The minimum Gasteiger partial charge on any atom is -0.270 e. The van der Waals surface area contributed by atoms with Gasteiger partial charge in [-0.15, -0.1) is 0 Å². The summed E-state index contributed by atoms with van der Waals surface area (Å²) < 4.78 is 29.6. The molecule has 124 valence electrons. The lowest BCUT2D eigenvalue weighted by atomic mass is 10.0. The minimum absolute atomic E-state index is 0.105. The molecule has 0 radical (unpaired) electrons. The first-order valence-corrected chi connectivity index (χ1v) is 9.82. The van der Waals surface area contributed by atoms with Crippen LogP contribution in [0.4, 0.5) is 0 Å². The first kappa shape index (κ1) is 16.9. The molecule has 0 atom stereocenters. The van der Waals surface area contributed by atoms with E-state index < -0.39 is 10.1 Å². The van der Waals surface area contributed by atoms with Gasteiger partial charge in [0.05, 0.1) is 12.8 Å². The summed E-state index contributed by atoms with van der Waals surface area (Å²) >= 11 is 1.41. The van der Waals surface area contributed by atoms with E-state index in [2.05, 4.69) is 9.97 Å². The molecule has 0 aliphatic rings. The maximum atomic E-state index is 12.4. The fourth-order valence-electron chi connectivity index (χ4n) is 2.57. The van der Waals surface area contributed by atoms with Gasteiger partial charge in [0.25, 0.3) is 10.1 Å². The highest BCUT2D eigenvalue weighted by Gasteiger charge is 2.22. The first-order chi connectivity index (χ1) is 11.5. The van der Waals surface area contributed by atoms with Crippen molar-refractivity contribution in [3.8, 4) is 11.3 Å². The van der Waals surface area contributed by atoms with Gasteiger partial charge in [0.2, 0.25) is 0 Å². The van der Waals surface area contributed by atoms with Gasteiger partial charge in [-0.3, -0.25) is 4.18 Å². The number of rotatable bonds is 4. The normalized spacial score (nSPS) is 11.8. The fourth-order valence-corrected chi connectivity index (χ4v) is 3.88. The number of thioether (sulfide) groups is 1. The van der Waals surface area contributed by atoms with Crippen LogP contribution in [0, 0.1) is 6.92 Å². The van der Waals surface area contributed by atoms with E-state index in [-0.39, 0.29) is 4.90 Å². The van der Waals surface area contributed by atoms with Crippen LogP contribution >= 0.6 is 11.8 Å². The van der Waals surface area contributed by atoms with Gasteiger partial charge < -0.3 is 0 Å². The zero-order valence-electron chi connectivity index (χ0n) is 13.5. The van der Waals surface area contributed by atoms with Crippen LogP contribution in [0.1, 0.15) is 5.69 Å². The number of aryl methyl sites for hydroxylation is 1. The Balaban J connectivity index is 2.44. The second kappa shape index (κ2) is 6.51. The van der Waals surface area contributed by atoms with E-state index in [9.17, 15) is 8.42 Å². The Bertz CT molecular complexity index is 1020. The van der Waals surface area contributed by atoms with Gasteiger partial charge in [-0.25, -0.2) is 9.97 Å². The van der Waals surface area contributed by atoms with Gasteiger partial charge in [-0.2, -0.15) is 8.42 Å². The summed E-state index contributed by atoms with van der Waals surface area (Å²) in [6, 6.07) is 12.7. The Morgan fingerprint density at radius 2 is 1.83 bits per heavy atom.